The summed E-state index contributed by atoms with van der Waals surface area (Å²) in [6, 6.07) is 8.97. The molecule has 13 heteroatoms. The Morgan fingerprint density at radius 1 is 1.05 bits per heavy atom. The second kappa shape index (κ2) is 12.1. The number of carboxylic acid groups (broad SMARTS) is 1. The number of hydrogen-bond donors (Lipinski definition) is 2. The maximum atomic E-state index is 12.9. The first-order valence-corrected chi connectivity index (χ1v) is 12.7. The lowest BCUT2D eigenvalue weighted by molar-refractivity contribution is -0.192. The number of alkyl halides is 6. The molecule has 1 unspecified atom stereocenters. The van der Waals surface area contributed by atoms with E-state index in [9.17, 15) is 31.1 Å². The molecule has 1 aliphatic heterocycles. The van der Waals surface area contributed by atoms with Gasteiger partial charge in [-0.1, -0.05) is 12.1 Å². The van der Waals surface area contributed by atoms with Gasteiger partial charge in [0.05, 0.1) is 10.4 Å². The summed E-state index contributed by atoms with van der Waals surface area (Å²) in [5, 5.41) is 16.1. The van der Waals surface area contributed by atoms with Gasteiger partial charge in [-0.15, -0.1) is 11.3 Å². The molecule has 1 amide bonds. The van der Waals surface area contributed by atoms with Crippen molar-refractivity contribution in [2.75, 3.05) is 19.6 Å². The molecular formula is C24H22F6N2O3S2. The molecule has 37 heavy (non-hydrogen) atoms. The summed E-state index contributed by atoms with van der Waals surface area (Å²) in [5.41, 5.74) is 1.72. The van der Waals surface area contributed by atoms with Crippen molar-refractivity contribution in [2.45, 2.75) is 25.3 Å². The van der Waals surface area contributed by atoms with Crippen LogP contribution in [-0.4, -0.2) is 47.7 Å². The Bertz CT molecular complexity index is 1190. The topological polar surface area (TPSA) is 69.6 Å². The van der Waals surface area contributed by atoms with Crippen LogP contribution in [0.1, 0.15) is 27.2 Å². The number of nitrogens with one attached hydrogen (secondary N) is 1. The molecule has 2 aromatic heterocycles. The lowest BCUT2D eigenvalue weighted by Crippen LogP contribution is -2.30. The summed E-state index contributed by atoms with van der Waals surface area (Å²) in [5.74, 6) is -2.52. The van der Waals surface area contributed by atoms with Gasteiger partial charge in [-0.3, -0.25) is 9.69 Å². The first kappa shape index (κ1) is 28.7. The van der Waals surface area contributed by atoms with Crippen molar-refractivity contribution in [3.8, 4) is 11.1 Å². The Morgan fingerprint density at radius 3 is 2.41 bits per heavy atom. The van der Waals surface area contributed by atoms with Crippen molar-refractivity contribution in [3.05, 3.63) is 68.5 Å². The van der Waals surface area contributed by atoms with Gasteiger partial charge in [-0.25, -0.2) is 4.79 Å². The number of amides is 1. The Balaban J connectivity index is 0.000000479. The van der Waals surface area contributed by atoms with Crippen LogP contribution >= 0.6 is 22.7 Å². The van der Waals surface area contributed by atoms with E-state index in [-0.39, 0.29) is 5.91 Å². The number of rotatable bonds is 6. The number of carbonyl (C=O) groups is 2. The highest BCUT2D eigenvalue weighted by Crippen LogP contribution is 2.33. The molecule has 0 bridgehead atoms. The molecule has 3 aromatic rings. The second-order valence-electron chi connectivity index (χ2n) is 8.31. The predicted molar refractivity (Wildman–Crippen MR) is 128 cm³/mol. The average molecular weight is 565 g/mol. The number of likely N-dealkylation sites (tertiary alicyclic amines) is 1. The highest BCUT2D eigenvalue weighted by atomic mass is 32.1. The van der Waals surface area contributed by atoms with Crippen LogP contribution in [0.25, 0.3) is 11.1 Å². The molecule has 1 fully saturated rings. The fraction of sp³-hybridized carbons (Fsp3) is 0.333. The standard InChI is InChI=1S/C22H21F3N2OS2.C2HF3O2/c23-22(24,25)19-3-1-2-17(8-19)18-9-20(30-14-18)21(28)26-10-15-4-6-27(11-15)12-16-5-7-29-13-16;3-2(4,5)1(6)7/h1-3,5,7-9,13-15H,4,6,10-12H2,(H,26,28);(H,6,7). The van der Waals surface area contributed by atoms with Crippen LogP contribution < -0.4 is 5.32 Å². The minimum absolute atomic E-state index is 0.172. The smallest absolute Gasteiger partial charge is 0.475 e. The molecule has 2 N–H and O–H groups in total. The van der Waals surface area contributed by atoms with Crippen molar-refractivity contribution >= 4 is 34.6 Å². The molecule has 1 aliphatic rings. The van der Waals surface area contributed by atoms with Gasteiger partial charge in [0.1, 0.15) is 0 Å². The van der Waals surface area contributed by atoms with Gasteiger partial charge in [-0.2, -0.15) is 37.7 Å². The molecule has 200 valence electrons. The Labute approximate surface area is 216 Å². The summed E-state index contributed by atoms with van der Waals surface area (Å²) in [6.45, 7) is 3.53. The normalized spacial score (nSPS) is 16.2. The van der Waals surface area contributed by atoms with Crippen LogP contribution in [0.15, 0.2) is 52.5 Å². The van der Waals surface area contributed by atoms with Crippen molar-refractivity contribution in [3.63, 3.8) is 0 Å². The molecule has 0 spiro atoms. The predicted octanol–water partition coefficient (Wildman–Crippen LogP) is 6.38. The quantitative estimate of drug-likeness (QED) is 0.341. The molecular weight excluding hydrogens is 542 g/mol. The van der Waals surface area contributed by atoms with E-state index in [1.165, 1.54) is 23.0 Å². The van der Waals surface area contributed by atoms with Gasteiger partial charge in [0.15, 0.2) is 0 Å². The summed E-state index contributed by atoms with van der Waals surface area (Å²) in [7, 11) is 0. The average Bonchev–Trinajstić information content (AvgIpc) is 3.60. The van der Waals surface area contributed by atoms with Crippen molar-refractivity contribution < 1.29 is 41.0 Å². The Morgan fingerprint density at radius 2 is 1.78 bits per heavy atom. The number of carbonyl (C=O) groups excluding carboxylic acids is 1. The minimum atomic E-state index is -5.08. The largest absolute Gasteiger partial charge is 0.490 e. The zero-order valence-corrected chi connectivity index (χ0v) is 20.7. The van der Waals surface area contributed by atoms with E-state index in [1.54, 1.807) is 28.8 Å². The monoisotopic (exact) mass is 564 g/mol. The van der Waals surface area contributed by atoms with E-state index < -0.39 is 23.9 Å². The Hall–Kier alpha value is -2.90. The summed E-state index contributed by atoms with van der Waals surface area (Å²) < 4.78 is 70.5. The number of carboxylic acids is 1. The summed E-state index contributed by atoms with van der Waals surface area (Å²) in [4.78, 5) is 24.3. The van der Waals surface area contributed by atoms with Crippen LogP contribution in [0.5, 0.6) is 0 Å². The molecule has 0 radical (unpaired) electrons. The van der Waals surface area contributed by atoms with Crippen LogP contribution in [0.3, 0.4) is 0 Å². The Kier molecular flexibility index (Phi) is 9.37. The summed E-state index contributed by atoms with van der Waals surface area (Å²) >= 11 is 2.95. The number of thiophene rings is 2. The molecule has 3 heterocycles. The van der Waals surface area contributed by atoms with Crippen LogP contribution in [0, 0.1) is 5.92 Å². The first-order chi connectivity index (χ1) is 17.3. The maximum absolute atomic E-state index is 12.9. The summed E-state index contributed by atoms with van der Waals surface area (Å²) in [6.07, 6.45) is -8.42. The van der Waals surface area contributed by atoms with Crippen LogP contribution in [0.2, 0.25) is 0 Å². The molecule has 4 rings (SSSR count). The maximum Gasteiger partial charge on any atom is 0.490 e. The highest BCUT2D eigenvalue weighted by molar-refractivity contribution is 7.12. The van der Waals surface area contributed by atoms with Crippen molar-refractivity contribution in [2.24, 2.45) is 5.92 Å². The molecule has 1 aromatic carbocycles. The molecule has 1 saturated heterocycles. The van der Waals surface area contributed by atoms with E-state index >= 15 is 0 Å². The van der Waals surface area contributed by atoms with Crippen molar-refractivity contribution in [1.82, 2.24) is 10.2 Å². The van der Waals surface area contributed by atoms with Gasteiger partial charge in [0.2, 0.25) is 0 Å². The van der Waals surface area contributed by atoms with E-state index in [2.05, 4.69) is 27.0 Å². The van der Waals surface area contributed by atoms with E-state index in [4.69, 9.17) is 9.90 Å². The molecule has 0 saturated carbocycles. The number of halogens is 6. The second-order valence-corrected chi connectivity index (χ2v) is 10.0. The number of benzene rings is 1. The number of nitrogens with zero attached hydrogens (tertiary/aromatic N) is 1. The van der Waals surface area contributed by atoms with Gasteiger partial charge in [0, 0.05) is 19.6 Å². The number of hydrogen-bond acceptors (Lipinski definition) is 5. The van der Waals surface area contributed by atoms with Gasteiger partial charge in [0.25, 0.3) is 5.91 Å². The van der Waals surface area contributed by atoms with Crippen molar-refractivity contribution in [1.29, 1.82) is 0 Å². The molecule has 0 aliphatic carbocycles. The fourth-order valence-electron chi connectivity index (χ4n) is 3.67. The number of aliphatic carboxylic acids is 1. The first-order valence-electron chi connectivity index (χ1n) is 10.9. The van der Waals surface area contributed by atoms with Gasteiger partial charge < -0.3 is 10.4 Å². The molecule has 5 nitrogen and oxygen atoms in total. The third kappa shape index (κ3) is 8.58. The highest BCUT2D eigenvalue weighted by Gasteiger charge is 2.38. The lowest BCUT2D eigenvalue weighted by atomic mass is 10.1. The SMILES string of the molecule is O=C(NCC1CCN(Cc2ccsc2)C1)c1cc(-c2cccc(C(F)(F)F)c2)cs1.O=C(O)C(F)(F)F. The van der Waals surface area contributed by atoms with Gasteiger partial charge in [-0.05, 0) is 76.0 Å². The fourth-order valence-corrected chi connectivity index (χ4v) is 5.16. The van der Waals surface area contributed by atoms with E-state index in [0.29, 0.717) is 28.5 Å². The van der Waals surface area contributed by atoms with Gasteiger partial charge >= 0.3 is 18.3 Å². The third-order valence-electron chi connectivity index (χ3n) is 5.50. The van der Waals surface area contributed by atoms with Crippen LogP contribution in [-0.2, 0) is 17.5 Å². The minimum Gasteiger partial charge on any atom is -0.475 e. The van der Waals surface area contributed by atoms with E-state index in [1.807, 2.05) is 0 Å². The molecule has 1 atom stereocenters. The zero-order chi connectivity index (χ0) is 27.2. The lowest BCUT2D eigenvalue weighted by Gasteiger charge is -2.15. The zero-order valence-electron chi connectivity index (χ0n) is 19.1. The van der Waals surface area contributed by atoms with Crippen LogP contribution in [0.4, 0.5) is 26.3 Å². The third-order valence-corrected chi connectivity index (χ3v) is 7.16. The van der Waals surface area contributed by atoms with E-state index in [0.717, 1.165) is 38.2 Å².